The van der Waals surface area contributed by atoms with Crippen LogP contribution in [0.15, 0.2) is 48.5 Å². The van der Waals surface area contributed by atoms with Gasteiger partial charge >= 0.3 is 6.03 Å². The second-order valence-corrected chi connectivity index (χ2v) is 10.5. The van der Waals surface area contributed by atoms with Crippen LogP contribution < -0.4 is 10.6 Å². The number of benzene rings is 2. The lowest BCUT2D eigenvalue weighted by molar-refractivity contribution is 0.0581. The number of carbonyl (C=O) groups is 1. The summed E-state index contributed by atoms with van der Waals surface area (Å²) in [5.41, 5.74) is 1.72. The molecule has 0 bridgehead atoms. The average molecular weight is 501 g/mol. The highest BCUT2D eigenvalue weighted by molar-refractivity contribution is 5.89. The number of amides is 2. The van der Waals surface area contributed by atoms with Crippen molar-refractivity contribution in [3.05, 3.63) is 65.7 Å². The van der Waals surface area contributed by atoms with Crippen LogP contribution in [0.5, 0.6) is 0 Å². The van der Waals surface area contributed by atoms with Crippen LogP contribution in [0.4, 0.5) is 19.3 Å². The molecule has 0 spiro atoms. The summed E-state index contributed by atoms with van der Waals surface area (Å²) in [6.07, 6.45) is 3.64. The first-order chi connectivity index (χ1) is 17.3. The lowest BCUT2D eigenvalue weighted by Gasteiger charge is -2.43. The van der Waals surface area contributed by atoms with Crippen molar-refractivity contribution in [2.24, 2.45) is 11.8 Å². The van der Waals surface area contributed by atoms with E-state index in [1.807, 2.05) is 12.1 Å². The lowest BCUT2D eigenvalue weighted by atomic mass is 9.88. The Kier molecular flexibility index (Phi) is 9.29. The largest absolute Gasteiger partial charge is 0.392 e. The summed E-state index contributed by atoms with van der Waals surface area (Å²) < 4.78 is 26.5. The number of piperidine rings is 2. The molecule has 2 aromatic rings. The molecule has 0 aliphatic carbocycles. The summed E-state index contributed by atoms with van der Waals surface area (Å²) in [6, 6.07) is 12.3. The number of aliphatic hydroxyl groups excluding tert-OH is 1. The Balaban J connectivity index is 1.36. The highest BCUT2D eigenvalue weighted by Crippen LogP contribution is 2.25. The zero-order valence-corrected chi connectivity index (χ0v) is 21.0. The van der Waals surface area contributed by atoms with Crippen LogP contribution in [-0.4, -0.2) is 72.4 Å². The zero-order chi connectivity index (χ0) is 25.5. The number of carbonyl (C=O) groups excluding carboxylic acids is 1. The van der Waals surface area contributed by atoms with Gasteiger partial charge in [-0.3, -0.25) is 0 Å². The molecule has 6 nitrogen and oxygen atoms in total. The van der Waals surface area contributed by atoms with Crippen molar-refractivity contribution in [2.75, 3.05) is 44.6 Å². The molecule has 2 amide bonds. The highest BCUT2D eigenvalue weighted by Gasteiger charge is 2.33. The number of likely N-dealkylation sites (tertiary alicyclic amines) is 2. The van der Waals surface area contributed by atoms with Crippen LogP contribution in [0.25, 0.3) is 0 Å². The van der Waals surface area contributed by atoms with Crippen LogP contribution >= 0.6 is 0 Å². The third kappa shape index (κ3) is 7.98. The van der Waals surface area contributed by atoms with E-state index in [0.717, 1.165) is 58.4 Å². The number of aliphatic hydroxyl groups is 1. The van der Waals surface area contributed by atoms with Crippen LogP contribution in [-0.2, 0) is 6.42 Å². The monoisotopic (exact) mass is 500 g/mol. The second-order valence-electron chi connectivity index (χ2n) is 10.5. The number of β-amino-alcohol motifs (C(OH)–C–C–N with tert-alkyl or cyclic N) is 1. The first-order valence-corrected chi connectivity index (χ1v) is 13.0. The molecular weight excluding hydrogens is 462 g/mol. The van der Waals surface area contributed by atoms with Crippen molar-refractivity contribution in [3.8, 4) is 0 Å². The third-order valence-electron chi connectivity index (χ3n) is 7.29. The molecule has 3 N–H and O–H groups in total. The maximum Gasteiger partial charge on any atom is 0.319 e. The quantitative estimate of drug-likeness (QED) is 0.510. The van der Waals surface area contributed by atoms with Gasteiger partial charge in [-0.1, -0.05) is 12.1 Å². The van der Waals surface area contributed by atoms with Crippen molar-refractivity contribution in [1.82, 2.24) is 15.1 Å². The molecule has 8 heteroatoms. The summed E-state index contributed by atoms with van der Waals surface area (Å²) in [7, 11) is 0. The van der Waals surface area contributed by atoms with E-state index in [9.17, 15) is 18.7 Å². The van der Waals surface area contributed by atoms with Crippen molar-refractivity contribution in [1.29, 1.82) is 0 Å². The van der Waals surface area contributed by atoms with Gasteiger partial charge in [-0.05, 0) is 87.0 Å². The molecular formula is C28H38F2N4O2. The van der Waals surface area contributed by atoms with Gasteiger partial charge in [0.05, 0.1) is 6.10 Å². The SMILES string of the molecule is CC(O)CN1CC[C@@H](NC(=O)Nc2ccc(F)cc2)[C@@H](CN2CCCC(Cc3ccc(F)cc3)C2)C1. The molecule has 0 aromatic heterocycles. The molecule has 2 aliphatic rings. The predicted octanol–water partition coefficient (Wildman–Crippen LogP) is 4.11. The minimum Gasteiger partial charge on any atom is -0.392 e. The van der Waals surface area contributed by atoms with Gasteiger partial charge in [0.25, 0.3) is 0 Å². The first-order valence-electron chi connectivity index (χ1n) is 13.0. The predicted molar refractivity (Wildman–Crippen MR) is 138 cm³/mol. The first kappa shape index (κ1) is 26.5. The Morgan fingerprint density at radius 2 is 1.69 bits per heavy atom. The molecule has 4 rings (SSSR count). The number of nitrogens with zero attached hydrogens (tertiary/aromatic N) is 2. The Morgan fingerprint density at radius 1 is 1.00 bits per heavy atom. The fraction of sp³-hybridized carbons (Fsp3) is 0.536. The van der Waals surface area contributed by atoms with Gasteiger partial charge < -0.3 is 25.5 Å². The van der Waals surface area contributed by atoms with E-state index in [-0.39, 0.29) is 29.6 Å². The number of urea groups is 1. The maximum atomic E-state index is 13.3. The van der Waals surface area contributed by atoms with Gasteiger partial charge in [-0.2, -0.15) is 0 Å². The van der Waals surface area contributed by atoms with E-state index >= 15 is 0 Å². The molecule has 2 saturated heterocycles. The Bertz CT molecular complexity index is 971. The van der Waals surface area contributed by atoms with Gasteiger partial charge in [0, 0.05) is 50.4 Å². The average Bonchev–Trinajstić information content (AvgIpc) is 2.84. The van der Waals surface area contributed by atoms with Crippen molar-refractivity contribution in [3.63, 3.8) is 0 Å². The molecule has 2 aliphatic heterocycles. The molecule has 36 heavy (non-hydrogen) atoms. The number of anilines is 1. The smallest absolute Gasteiger partial charge is 0.319 e. The molecule has 2 aromatic carbocycles. The maximum absolute atomic E-state index is 13.3. The minimum atomic E-state index is -0.396. The van der Waals surface area contributed by atoms with Gasteiger partial charge in [-0.15, -0.1) is 0 Å². The Labute approximate surface area is 212 Å². The number of halogens is 2. The summed E-state index contributed by atoms with van der Waals surface area (Å²) in [4.78, 5) is 17.5. The second kappa shape index (κ2) is 12.6. The van der Waals surface area contributed by atoms with E-state index in [0.29, 0.717) is 18.2 Å². The molecule has 0 radical (unpaired) electrons. The molecule has 196 valence electrons. The summed E-state index contributed by atoms with van der Waals surface area (Å²) in [6.45, 7) is 6.94. The summed E-state index contributed by atoms with van der Waals surface area (Å²) in [5.74, 6) is 0.200. The lowest BCUT2D eigenvalue weighted by Crippen LogP contribution is -2.56. The van der Waals surface area contributed by atoms with Gasteiger partial charge in [-0.25, -0.2) is 13.6 Å². The van der Waals surface area contributed by atoms with Crippen LogP contribution in [0.2, 0.25) is 0 Å². The van der Waals surface area contributed by atoms with E-state index in [1.54, 1.807) is 19.1 Å². The fourth-order valence-electron chi connectivity index (χ4n) is 5.66. The summed E-state index contributed by atoms with van der Waals surface area (Å²) >= 11 is 0. The van der Waals surface area contributed by atoms with E-state index in [2.05, 4.69) is 20.4 Å². The van der Waals surface area contributed by atoms with E-state index < -0.39 is 6.10 Å². The minimum absolute atomic E-state index is 0.00757. The molecule has 4 atom stereocenters. The number of hydrogen-bond acceptors (Lipinski definition) is 4. The van der Waals surface area contributed by atoms with Crippen molar-refractivity contribution in [2.45, 2.75) is 44.8 Å². The zero-order valence-electron chi connectivity index (χ0n) is 21.0. The normalized spacial score (nSPS) is 24.3. The van der Waals surface area contributed by atoms with Gasteiger partial charge in [0.2, 0.25) is 0 Å². The van der Waals surface area contributed by atoms with Crippen molar-refractivity contribution >= 4 is 11.7 Å². The molecule has 2 fully saturated rings. The van der Waals surface area contributed by atoms with Crippen LogP contribution in [0.1, 0.15) is 31.7 Å². The molecule has 2 unspecified atom stereocenters. The highest BCUT2D eigenvalue weighted by atomic mass is 19.1. The van der Waals surface area contributed by atoms with Crippen molar-refractivity contribution < 1.29 is 18.7 Å². The number of nitrogens with one attached hydrogen (secondary N) is 2. The standard InChI is InChI=1S/C28H38F2N4O2/c1-20(35)16-34-14-12-27(32-28(36)31-26-10-8-25(30)9-11-26)23(19-34)18-33-13-2-3-22(17-33)15-21-4-6-24(29)7-5-21/h4-11,20,22-23,27,35H,2-3,12-19H2,1H3,(H2,31,32,36)/t20?,22?,23-,27+/m0/s1. The van der Waals surface area contributed by atoms with Gasteiger partial charge in [0.15, 0.2) is 0 Å². The van der Waals surface area contributed by atoms with E-state index in [1.165, 1.54) is 29.8 Å². The Hall–Kier alpha value is -2.55. The molecule has 2 heterocycles. The molecule has 0 saturated carbocycles. The van der Waals surface area contributed by atoms with E-state index in [4.69, 9.17) is 0 Å². The van der Waals surface area contributed by atoms with Crippen LogP contribution in [0, 0.1) is 23.5 Å². The fourth-order valence-corrected chi connectivity index (χ4v) is 5.66. The Morgan fingerprint density at radius 3 is 2.39 bits per heavy atom. The van der Waals surface area contributed by atoms with Gasteiger partial charge in [0.1, 0.15) is 11.6 Å². The van der Waals surface area contributed by atoms with Crippen LogP contribution in [0.3, 0.4) is 0 Å². The summed E-state index contributed by atoms with van der Waals surface area (Å²) in [5, 5.41) is 15.9. The topological polar surface area (TPSA) is 67.8 Å². The number of hydrogen-bond donors (Lipinski definition) is 3. The third-order valence-corrected chi connectivity index (χ3v) is 7.29. The number of rotatable bonds is 8.